The summed E-state index contributed by atoms with van der Waals surface area (Å²) < 4.78 is 5.10. The molecule has 0 radical (unpaired) electrons. The standard InChI is InChI=1S/C14H19NO3/c1-2-14(17)18-9-8-15-7-3-4-11-5-6-12(16)10-13(11)15/h5-6,10,16H,2-4,7-9H2,1H3. The van der Waals surface area contributed by atoms with Gasteiger partial charge in [-0.3, -0.25) is 4.79 Å². The normalized spacial score (nSPS) is 14.2. The van der Waals surface area contributed by atoms with E-state index in [1.165, 1.54) is 5.56 Å². The maximum Gasteiger partial charge on any atom is 0.305 e. The van der Waals surface area contributed by atoms with Crippen LogP contribution in [0.1, 0.15) is 25.3 Å². The van der Waals surface area contributed by atoms with Gasteiger partial charge in [-0.15, -0.1) is 0 Å². The molecule has 0 atom stereocenters. The van der Waals surface area contributed by atoms with Crippen LogP contribution in [0.15, 0.2) is 18.2 Å². The molecule has 0 spiro atoms. The lowest BCUT2D eigenvalue weighted by Gasteiger charge is -2.31. The number of aryl methyl sites for hydroxylation is 1. The van der Waals surface area contributed by atoms with E-state index in [0.717, 1.165) is 25.1 Å². The summed E-state index contributed by atoms with van der Waals surface area (Å²) in [5.41, 5.74) is 2.31. The lowest BCUT2D eigenvalue weighted by atomic mass is 10.0. The molecule has 0 amide bonds. The SMILES string of the molecule is CCC(=O)OCCN1CCCc2ccc(O)cc21. The Hall–Kier alpha value is -1.71. The van der Waals surface area contributed by atoms with Crippen molar-refractivity contribution in [2.24, 2.45) is 0 Å². The van der Waals surface area contributed by atoms with Gasteiger partial charge in [0.15, 0.2) is 0 Å². The second kappa shape index (κ2) is 5.76. The molecule has 4 nitrogen and oxygen atoms in total. The van der Waals surface area contributed by atoms with Gasteiger partial charge in [0.05, 0.1) is 6.54 Å². The third kappa shape index (κ3) is 2.94. The van der Waals surface area contributed by atoms with Crippen LogP contribution >= 0.6 is 0 Å². The van der Waals surface area contributed by atoms with Crippen molar-refractivity contribution in [1.29, 1.82) is 0 Å². The van der Waals surface area contributed by atoms with Crippen molar-refractivity contribution in [3.8, 4) is 5.75 Å². The smallest absolute Gasteiger partial charge is 0.305 e. The number of aromatic hydroxyl groups is 1. The molecular weight excluding hydrogens is 230 g/mol. The molecular formula is C14H19NO3. The first kappa shape index (κ1) is 12.7. The zero-order chi connectivity index (χ0) is 13.0. The second-order valence-electron chi connectivity index (χ2n) is 4.48. The highest BCUT2D eigenvalue weighted by Crippen LogP contribution is 2.30. The third-order valence-electron chi connectivity index (χ3n) is 3.20. The van der Waals surface area contributed by atoms with Crippen LogP contribution < -0.4 is 4.90 Å². The Labute approximate surface area is 107 Å². The van der Waals surface area contributed by atoms with E-state index in [1.54, 1.807) is 19.1 Å². The molecule has 4 heteroatoms. The summed E-state index contributed by atoms with van der Waals surface area (Å²) in [5, 5.41) is 9.55. The van der Waals surface area contributed by atoms with Crippen molar-refractivity contribution in [2.75, 3.05) is 24.6 Å². The zero-order valence-electron chi connectivity index (χ0n) is 10.7. The molecule has 1 aromatic rings. The molecule has 98 valence electrons. The number of hydrogen-bond acceptors (Lipinski definition) is 4. The van der Waals surface area contributed by atoms with Gasteiger partial charge in [0.1, 0.15) is 12.4 Å². The predicted molar refractivity (Wildman–Crippen MR) is 69.9 cm³/mol. The lowest BCUT2D eigenvalue weighted by molar-refractivity contribution is -0.142. The summed E-state index contributed by atoms with van der Waals surface area (Å²) in [6, 6.07) is 5.48. The molecule has 18 heavy (non-hydrogen) atoms. The number of ether oxygens (including phenoxy) is 1. The maximum absolute atomic E-state index is 11.1. The summed E-state index contributed by atoms with van der Waals surface area (Å²) in [4.78, 5) is 13.2. The molecule has 2 rings (SSSR count). The number of phenols is 1. The van der Waals surface area contributed by atoms with Crippen LogP contribution in [0.25, 0.3) is 0 Å². The van der Waals surface area contributed by atoms with Gasteiger partial charge >= 0.3 is 5.97 Å². The van der Waals surface area contributed by atoms with Gasteiger partial charge in [-0.05, 0) is 24.5 Å². The van der Waals surface area contributed by atoms with E-state index >= 15 is 0 Å². The molecule has 1 aromatic carbocycles. The minimum Gasteiger partial charge on any atom is -0.508 e. The van der Waals surface area contributed by atoms with E-state index in [-0.39, 0.29) is 11.7 Å². The fourth-order valence-electron chi connectivity index (χ4n) is 2.24. The highest BCUT2D eigenvalue weighted by Gasteiger charge is 2.17. The highest BCUT2D eigenvalue weighted by molar-refractivity contribution is 5.68. The van der Waals surface area contributed by atoms with E-state index < -0.39 is 0 Å². The summed E-state index contributed by atoms with van der Waals surface area (Å²) in [6.07, 6.45) is 2.55. The largest absolute Gasteiger partial charge is 0.508 e. The van der Waals surface area contributed by atoms with Crippen molar-refractivity contribution in [3.05, 3.63) is 23.8 Å². The van der Waals surface area contributed by atoms with Crippen molar-refractivity contribution in [3.63, 3.8) is 0 Å². The Balaban J connectivity index is 1.99. The second-order valence-corrected chi connectivity index (χ2v) is 4.48. The molecule has 1 heterocycles. The molecule has 1 aliphatic heterocycles. The lowest BCUT2D eigenvalue weighted by Crippen LogP contribution is -2.32. The van der Waals surface area contributed by atoms with Crippen LogP contribution in [0.3, 0.4) is 0 Å². The average Bonchev–Trinajstić information content (AvgIpc) is 2.39. The molecule has 0 aliphatic carbocycles. The molecule has 0 aromatic heterocycles. The Morgan fingerprint density at radius 1 is 1.50 bits per heavy atom. The van der Waals surface area contributed by atoms with Crippen LogP contribution in [0.4, 0.5) is 5.69 Å². The van der Waals surface area contributed by atoms with Crippen molar-refractivity contribution < 1.29 is 14.6 Å². The van der Waals surface area contributed by atoms with Crippen molar-refractivity contribution >= 4 is 11.7 Å². The van der Waals surface area contributed by atoms with Crippen LogP contribution in [0.5, 0.6) is 5.75 Å². The fraction of sp³-hybridized carbons (Fsp3) is 0.500. The molecule has 1 aliphatic rings. The minimum atomic E-state index is -0.164. The number of esters is 1. The fourth-order valence-corrected chi connectivity index (χ4v) is 2.24. The maximum atomic E-state index is 11.1. The summed E-state index contributed by atoms with van der Waals surface area (Å²) in [7, 11) is 0. The van der Waals surface area contributed by atoms with Gasteiger partial charge in [0.25, 0.3) is 0 Å². The molecule has 0 saturated heterocycles. The molecule has 0 fully saturated rings. The number of hydrogen-bond donors (Lipinski definition) is 1. The monoisotopic (exact) mass is 249 g/mol. The van der Waals surface area contributed by atoms with E-state index in [1.807, 2.05) is 6.07 Å². The third-order valence-corrected chi connectivity index (χ3v) is 3.20. The van der Waals surface area contributed by atoms with Gasteiger partial charge in [-0.1, -0.05) is 13.0 Å². The molecule has 0 saturated carbocycles. The quantitative estimate of drug-likeness (QED) is 0.830. The first-order valence-electron chi connectivity index (χ1n) is 6.43. The van der Waals surface area contributed by atoms with Gasteiger partial charge in [0, 0.05) is 24.7 Å². The Morgan fingerprint density at radius 2 is 2.33 bits per heavy atom. The molecule has 0 bridgehead atoms. The van der Waals surface area contributed by atoms with Gasteiger partial charge in [-0.25, -0.2) is 0 Å². The summed E-state index contributed by atoms with van der Waals surface area (Å²) in [5.74, 6) is 0.120. The number of phenolic OH excluding ortho intramolecular Hbond substituents is 1. The van der Waals surface area contributed by atoms with Crippen LogP contribution in [0.2, 0.25) is 0 Å². The minimum absolute atomic E-state index is 0.164. The number of carbonyl (C=O) groups is 1. The first-order chi connectivity index (χ1) is 8.70. The van der Waals surface area contributed by atoms with E-state index in [9.17, 15) is 9.90 Å². The zero-order valence-corrected chi connectivity index (χ0v) is 10.7. The van der Waals surface area contributed by atoms with Crippen molar-refractivity contribution in [2.45, 2.75) is 26.2 Å². The van der Waals surface area contributed by atoms with Crippen LogP contribution in [0, 0.1) is 0 Å². The van der Waals surface area contributed by atoms with E-state index in [2.05, 4.69) is 4.90 Å². The number of benzene rings is 1. The van der Waals surface area contributed by atoms with Gasteiger partial charge < -0.3 is 14.7 Å². The average molecular weight is 249 g/mol. The number of carbonyl (C=O) groups excluding carboxylic acids is 1. The van der Waals surface area contributed by atoms with Crippen LogP contribution in [-0.2, 0) is 16.0 Å². The summed E-state index contributed by atoms with van der Waals surface area (Å²) >= 11 is 0. The molecule has 0 unspecified atom stereocenters. The van der Waals surface area contributed by atoms with E-state index in [0.29, 0.717) is 19.6 Å². The predicted octanol–water partition coefficient (Wildman–Crippen LogP) is 2.10. The Bertz CT molecular complexity index is 431. The first-order valence-corrected chi connectivity index (χ1v) is 6.43. The van der Waals surface area contributed by atoms with Crippen LogP contribution in [-0.4, -0.2) is 30.8 Å². The molecule has 1 N–H and O–H groups in total. The van der Waals surface area contributed by atoms with Gasteiger partial charge in [0.2, 0.25) is 0 Å². The topological polar surface area (TPSA) is 49.8 Å². The van der Waals surface area contributed by atoms with E-state index in [4.69, 9.17) is 4.74 Å². The van der Waals surface area contributed by atoms with Crippen molar-refractivity contribution in [1.82, 2.24) is 0 Å². The number of nitrogens with zero attached hydrogens (tertiary/aromatic N) is 1. The number of anilines is 1. The number of rotatable bonds is 4. The Morgan fingerprint density at radius 3 is 3.11 bits per heavy atom. The Kier molecular flexibility index (Phi) is 4.07. The number of fused-ring (bicyclic) bond motifs is 1. The highest BCUT2D eigenvalue weighted by atomic mass is 16.5. The summed E-state index contributed by atoms with van der Waals surface area (Å²) in [6.45, 7) is 3.82. The van der Waals surface area contributed by atoms with Gasteiger partial charge in [-0.2, -0.15) is 0 Å².